The molecule has 0 fully saturated rings. The van der Waals surface area contributed by atoms with E-state index in [1.54, 1.807) is 18.2 Å². The topological polar surface area (TPSA) is 84.3 Å². The lowest BCUT2D eigenvalue weighted by molar-refractivity contribution is -0.384. The number of nitrogens with zero attached hydrogens (tertiary/aromatic N) is 1. The Kier molecular flexibility index (Phi) is 7.28. The molecule has 0 unspecified atom stereocenters. The Labute approximate surface area is 152 Å². The molecule has 1 aliphatic rings. The Balaban J connectivity index is 1.72. The molecule has 1 aliphatic carbocycles. The van der Waals surface area contributed by atoms with Gasteiger partial charge in [-0.25, -0.2) is 0 Å². The molecule has 0 saturated carbocycles. The van der Waals surface area contributed by atoms with Crippen LogP contribution in [0.25, 0.3) is 6.08 Å². The van der Waals surface area contributed by atoms with Gasteiger partial charge in [0.05, 0.1) is 4.92 Å². The van der Waals surface area contributed by atoms with Crippen LogP contribution in [0.3, 0.4) is 0 Å². The summed E-state index contributed by atoms with van der Waals surface area (Å²) < 4.78 is 0. The lowest BCUT2D eigenvalue weighted by atomic mass is 9.97. The van der Waals surface area contributed by atoms with Gasteiger partial charge in [0, 0.05) is 24.8 Å². The highest BCUT2D eigenvalue weighted by Crippen LogP contribution is 2.19. The predicted molar refractivity (Wildman–Crippen MR) is 102 cm³/mol. The van der Waals surface area contributed by atoms with Gasteiger partial charge < -0.3 is 5.32 Å². The summed E-state index contributed by atoms with van der Waals surface area (Å²) in [6.45, 7) is 0.705. The van der Waals surface area contributed by atoms with Gasteiger partial charge in [0.15, 0.2) is 5.11 Å². The van der Waals surface area contributed by atoms with Gasteiger partial charge in [-0.05, 0) is 68.1 Å². The van der Waals surface area contributed by atoms with Crippen LogP contribution in [0.5, 0.6) is 0 Å². The molecule has 2 rings (SSSR count). The van der Waals surface area contributed by atoms with Crippen molar-refractivity contribution in [2.45, 2.75) is 32.1 Å². The number of nitro benzene ring substituents is 1. The fourth-order valence-corrected chi connectivity index (χ4v) is 2.75. The van der Waals surface area contributed by atoms with E-state index in [-0.39, 0.29) is 11.6 Å². The first-order chi connectivity index (χ1) is 12.0. The zero-order chi connectivity index (χ0) is 18.1. The van der Waals surface area contributed by atoms with Crippen LogP contribution in [-0.4, -0.2) is 22.5 Å². The average molecular weight is 359 g/mol. The predicted octanol–water partition coefficient (Wildman–Crippen LogP) is 3.49. The SMILES string of the molecule is O=C(/C=C/c1ccc([N+](=O)[O-])cc1)NC(=S)NCCC1=CCCCC1. The molecule has 0 aliphatic heterocycles. The number of thiocarbonyl (C=S) groups is 1. The van der Waals surface area contributed by atoms with E-state index in [2.05, 4.69) is 16.7 Å². The monoisotopic (exact) mass is 359 g/mol. The Morgan fingerprint density at radius 3 is 2.68 bits per heavy atom. The molecule has 7 heteroatoms. The molecule has 1 amide bonds. The van der Waals surface area contributed by atoms with E-state index in [9.17, 15) is 14.9 Å². The molecule has 25 heavy (non-hydrogen) atoms. The lowest BCUT2D eigenvalue weighted by Gasteiger charge is -2.13. The normalized spacial score (nSPS) is 14.0. The van der Waals surface area contributed by atoms with E-state index < -0.39 is 4.92 Å². The second kappa shape index (κ2) is 9.68. The average Bonchev–Trinajstić information content (AvgIpc) is 2.61. The van der Waals surface area contributed by atoms with Crippen molar-refractivity contribution in [3.8, 4) is 0 Å². The third-order valence-electron chi connectivity index (χ3n) is 3.88. The lowest BCUT2D eigenvalue weighted by Crippen LogP contribution is -2.38. The smallest absolute Gasteiger partial charge is 0.269 e. The largest absolute Gasteiger partial charge is 0.362 e. The van der Waals surface area contributed by atoms with E-state index in [0.717, 1.165) is 19.3 Å². The molecule has 0 spiro atoms. The first-order valence-electron chi connectivity index (χ1n) is 8.24. The molecule has 132 valence electrons. The zero-order valence-electron chi connectivity index (χ0n) is 13.9. The van der Waals surface area contributed by atoms with Gasteiger partial charge in [0.25, 0.3) is 5.69 Å². The van der Waals surface area contributed by atoms with Crippen LogP contribution in [0.2, 0.25) is 0 Å². The number of rotatable bonds is 6. The minimum atomic E-state index is -0.465. The van der Waals surface area contributed by atoms with E-state index in [1.807, 2.05) is 0 Å². The molecule has 1 aromatic carbocycles. The van der Waals surface area contributed by atoms with Crippen LogP contribution >= 0.6 is 12.2 Å². The summed E-state index contributed by atoms with van der Waals surface area (Å²) in [5.41, 5.74) is 2.16. The number of amides is 1. The van der Waals surface area contributed by atoms with Crippen molar-refractivity contribution in [2.75, 3.05) is 6.54 Å². The maximum Gasteiger partial charge on any atom is 0.269 e. The van der Waals surface area contributed by atoms with Crippen LogP contribution in [0.15, 0.2) is 42.0 Å². The number of non-ortho nitro benzene ring substituents is 1. The number of hydrogen-bond donors (Lipinski definition) is 2. The van der Waals surface area contributed by atoms with Gasteiger partial charge in [-0.3, -0.25) is 20.2 Å². The van der Waals surface area contributed by atoms with Crippen molar-refractivity contribution in [3.63, 3.8) is 0 Å². The second-order valence-electron chi connectivity index (χ2n) is 5.79. The summed E-state index contributed by atoms with van der Waals surface area (Å²) in [7, 11) is 0. The quantitative estimate of drug-likeness (QED) is 0.267. The van der Waals surface area contributed by atoms with Crippen molar-refractivity contribution < 1.29 is 9.72 Å². The van der Waals surface area contributed by atoms with Gasteiger partial charge in [0.2, 0.25) is 5.91 Å². The number of hydrogen-bond acceptors (Lipinski definition) is 4. The minimum absolute atomic E-state index is 0.0139. The molecule has 1 aromatic rings. The molecule has 0 heterocycles. The van der Waals surface area contributed by atoms with Gasteiger partial charge in [-0.1, -0.05) is 11.6 Å². The van der Waals surface area contributed by atoms with Crippen LogP contribution in [0, 0.1) is 10.1 Å². The molecule has 0 saturated heterocycles. The van der Waals surface area contributed by atoms with Crippen LogP contribution in [-0.2, 0) is 4.79 Å². The summed E-state index contributed by atoms with van der Waals surface area (Å²) in [5, 5.41) is 16.5. The number of benzene rings is 1. The van der Waals surface area contributed by atoms with E-state index in [1.165, 1.54) is 36.6 Å². The van der Waals surface area contributed by atoms with E-state index in [4.69, 9.17) is 12.2 Å². The third kappa shape index (κ3) is 6.84. The maximum atomic E-state index is 11.8. The summed E-state index contributed by atoms with van der Waals surface area (Å²) >= 11 is 5.10. The zero-order valence-corrected chi connectivity index (χ0v) is 14.7. The number of nitrogens with one attached hydrogen (secondary N) is 2. The second-order valence-corrected chi connectivity index (χ2v) is 6.19. The number of carbonyl (C=O) groups is 1. The van der Waals surface area contributed by atoms with Crippen LogP contribution in [0.4, 0.5) is 5.69 Å². The molecule has 0 atom stereocenters. The van der Waals surface area contributed by atoms with E-state index >= 15 is 0 Å². The van der Waals surface area contributed by atoms with Gasteiger partial charge in [-0.2, -0.15) is 0 Å². The summed E-state index contributed by atoms with van der Waals surface area (Å²) in [6.07, 6.45) is 11.0. The number of nitro groups is 1. The number of allylic oxidation sites excluding steroid dienone is 1. The Morgan fingerprint density at radius 1 is 1.28 bits per heavy atom. The highest BCUT2D eigenvalue weighted by molar-refractivity contribution is 7.80. The first kappa shape index (κ1) is 18.8. The Morgan fingerprint density at radius 2 is 2.04 bits per heavy atom. The molecule has 0 bridgehead atoms. The maximum absolute atomic E-state index is 11.8. The van der Waals surface area contributed by atoms with Crippen LogP contribution < -0.4 is 10.6 Å². The number of carbonyl (C=O) groups excluding carboxylic acids is 1. The van der Waals surface area contributed by atoms with Crippen molar-refractivity contribution in [3.05, 3.63) is 57.7 Å². The molecule has 0 radical (unpaired) electrons. The van der Waals surface area contributed by atoms with Crippen molar-refractivity contribution in [1.82, 2.24) is 10.6 Å². The highest BCUT2D eigenvalue weighted by atomic mass is 32.1. The molecule has 6 nitrogen and oxygen atoms in total. The Bertz CT molecular complexity index is 696. The first-order valence-corrected chi connectivity index (χ1v) is 8.64. The van der Waals surface area contributed by atoms with Crippen LogP contribution in [0.1, 0.15) is 37.7 Å². The van der Waals surface area contributed by atoms with Gasteiger partial charge in [0.1, 0.15) is 0 Å². The van der Waals surface area contributed by atoms with Crippen molar-refractivity contribution >= 4 is 35.0 Å². The molecular formula is C18H21N3O3S. The van der Waals surface area contributed by atoms with E-state index in [0.29, 0.717) is 17.2 Å². The fourth-order valence-electron chi connectivity index (χ4n) is 2.55. The van der Waals surface area contributed by atoms with Gasteiger partial charge >= 0.3 is 0 Å². The van der Waals surface area contributed by atoms with Crippen molar-refractivity contribution in [1.29, 1.82) is 0 Å². The summed E-state index contributed by atoms with van der Waals surface area (Å²) in [5.74, 6) is -0.340. The van der Waals surface area contributed by atoms with Gasteiger partial charge in [-0.15, -0.1) is 0 Å². The van der Waals surface area contributed by atoms with Crippen molar-refractivity contribution in [2.24, 2.45) is 0 Å². The fraction of sp³-hybridized carbons (Fsp3) is 0.333. The Hall–Kier alpha value is -2.54. The summed E-state index contributed by atoms with van der Waals surface area (Å²) in [6, 6.07) is 5.94. The molecular weight excluding hydrogens is 338 g/mol. The summed E-state index contributed by atoms with van der Waals surface area (Å²) in [4.78, 5) is 21.9. The third-order valence-corrected chi connectivity index (χ3v) is 4.13. The highest BCUT2D eigenvalue weighted by Gasteiger charge is 2.05. The standard InChI is InChI=1S/C18H21N3O3S/c22-17(11-8-15-6-9-16(10-7-15)21(23)24)20-18(25)19-13-12-14-4-2-1-3-5-14/h4,6-11H,1-3,5,12-13H2,(H2,19,20,22,25)/b11-8+. The molecule has 2 N–H and O–H groups in total. The minimum Gasteiger partial charge on any atom is -0.362 e. The molecule has 0 aromatic heterocycles.